The molecule has 6 N–H and O–H groups in total. The lowest BCUT2D eigenvalue weighted by Gasteiger charge is -2.37. The molecule has 10 nitrogen and oxygen atoms in total. The van der Waals surface area contributed by atoms with Gasteiger partial charge < -0.3 is 40.1 Å². The monoisotopic (exact) mass is 358 g/mol. The summed E-state index contributed by atoms with van der Waals surface area (Å²) in [6.45, 7) is 0. The Balaban J connectivity index is 1.95. The van der Waals surface area contributed by atoms with Crippen LogP contribution in [0.2, 0.25) is 0 Å². The van der Waals surface area contributed by atoms with Gasteiger partial charge in [-0.25, -0.2) is 4.79 Å². The molecule has 138 valence electrons. The van der Waals surface area contributed by atoms with Gasteiger partial charge in [-0.2, -0.15) is 0 Å². The van der Waals surface area contributed by atoms with Gasteiger partial charge in [0, 0.05) is 12.5 Å². The van der Waals surface area contributed by atoms with Crippen LogP contribution in [0.5, 0.6) is 11.5 Å². The highest BCUT2D eigenvalue weighted by molar-refractivity contribution is 5.73. The number of carboxylic acids is 1. The van der Waals surface area contributed by atoms with Crippen molar-refractivity contribution in [2.24, 2.45) is 0 Å². The number of aliphatic carboxylic acids is 1. The smallest absolute Gasteiger partial charge is 0.335 e. The van der Waals surface area contributed by atoms with Gasteiger partial charge in [0.2, 0.25) is 6.29 Å². The summed E-state index contributed by atoms with van der Waals surface area (Å²) >= 11 is 0. The van der Waals surface area contributed by atoms with Crippen LogP contribution in [0.3, 0.4) is 0 Å². The lowest BCUT2D eigenvalue weighted by molar-refractivity contribution is -0.286. The molecule has 5 atom stereocenters. The van der Waals surface area contributed by atoms with Crippen molar-refractivity contribution < 1.29 is 49.7 Å². The Hall–Kier alpha value is -2.40. The number of phenols is 2. The maximum atomic E-state index is 11.8. The molecule has 5 unspecified atom stereocenters. The summed E-state index contributed by atoms with van der Waals surface area (Å²) in [4.78, 5) is 22.8. The summed E-state index contributed by atoms with van der Waals surface area (Å²) < 4.78 is 9.63. The number of aryl methyl sites for hydroxylation is 1. The van der Waals surface area contributed by atoms with Gasteiger partial charge in [-0.05, 0) is 18.1 Å². The van der Waals surface area contributed by atoms with E-state index < -0.39 is 42.6 Å². The van der Waals surface area contributed by atoms with Crippen molar-refractivity contribution in [3.63, 3.8) is 0 Å². The van der Waals surface area contributed by atoms with Crippen molar-refractivity contribution in [2.75, 3.05) is 0 Å². The van der Waals surface area contributed by atoms with Crippen LogP contribution < -0.4 is 0 Å². The second-order valence-corrected chi connectivity index (χ2v) is 5.54. The third kappa shape index (κ3) is 4.37. The molecule has 1 aromatic rings. The third-order valence-electron chi connectivity index (χ3n) is 3.73. The molecule has 10 heteroatoms. The molecule has 1 fully saturated rings. The Kier molecular flexibility index (Phi) is 5.80. The number of carbonyl (C=O) groups is 2. The molecule has 0 amide bonds. The van der Waals surface area contributed by atoms with Crippen LogP contribution in [0.25, 0.3) is 0 Å². The van der Waals surface area contributed by atoms with Gasteiger partial charge in [-0.15, -0.1) is 0 Å². The molecular weight excluding hydrogens is 340 g/mol. The Bertz CT molecular complexity index is 645. The van der Waals surface area contributed by atoms with Crippen LogP contribution in [-0.2, 0) is 25.5 Å². The van der Waals surface area contributed by atoms with E-state index in [0.717, 1.165) is 6.07 Å². The van der Waals surface area contributed by atoms with Crippen LogP contribution in [0.4, 0.5) is 0 Å². The van der Waals surface area contributed by atoms with Crippen molar-refractivity contribution in [1.29, 1.82) is 0 Å². The molecule has 0 aliphatic carbocycles. The van der Waals surface area contributed by atoms with E-state index in [9.17, 15) is 35.1 Å². The van der Waals surface area contributed by atoms with Crippen molar-refractivity contribution in [3.05, 3.63) is 23.8 Å². The molecule has 0 aromatic heterocycles. The fraction of sp³-hybridized carbons (Fsp3) is 0.467. The largest absolute Gasteiger partial charge is 0.508 e. The molecular formula is C15H18O10. The minimum absolute atomic E-state index is 0.0430. The molecule has 1 saturated heterocycles. The number of carboxylic acid groups (broad SMARTS) is 1. The Morgan fingerprint density at radius 3 is 2.36 bits per heavy atom. The number of rotatable bonds is 5. The number of hydrogen-bond acceptors (Lipinski definition) is 9. The Morgan fingerprint density at radius 2 is 1.76 bits per heavy atom. The van der Waals surface area contributed by atoms with Gasteiger partial charge in [0.05, 0.1) is 0 Å². The van der Waals surface area contributed by atoms with E-state index in [-0.39, 0.29) is 24.3 Å². The number of carbonyl (C=O) groups excluding carboxylic acids is 1. The summed E-state index contributed by atoms with van der Waals surface area (Å²) in [6, 6.07) is 3.83. The zero-order chi connectivity index (χ0) is 18.7. The number of phenolic OH excluding ortho intramolecular Hbond substituents is 2. The van der Waals surface area contributed by atoms with E-state index in [1.165, 1.54) is 12.1 Å². The summed E-state index contributed by atoms with van der Waals surface area (Å²) in [5.41, 5.74) is 0.360. The minimum Gasteiger partial charge on any atom is -0.508 e. The number of benzene rings is 1. The van der Waals surface area contributed by atoms with Crippen LogP contribution in [-0.4, -0.2) is 73.3 Å². The summed E-state index contributed by atoms with van der Waals surface area (Å²) in [5, 5.41) is 56.6. The average Bonchev–Trinajstić information content (AvgIpc) is 2.54. The topological polar surface area (TPSA) is 174 Å². The highest BCUT2D eigenvalue weighted by Crippen LogP contribution is 2.25. The quantitative estimate of drug-likeness (QED) is 0.339. The first kappa shape index (κ1) is 18.9. The SMILES string of the molecule is O=C(CCc1ccc(O)cc1O)OC1OC(C(=O)O)C(O)C(O)C1O. The molecule has 2 rings (SSSR count). The first-order valence-electron chi connectivity index (χ1n) is 7.33. The Labute approximate surface area is 141 Å². The number of hydrogen-bond donors (Lipinski definition) is 6. The van der Waals surface area contributed by atoms with Crippen LogP contribution in [0.1, 0.15) is 12.0 Å². The fourth-order valence-electron chi connectivity index (χ4n) is 2.34. The first-order chi connectivity index (χ1) is 11.7. The lowest BCUT2D eigenvalue weighted by Crippen LogP contribution is -2.60. The molecule has 1 aromatic carbocycles. The van der Waals surface area contributed by atoms with Gasteiger partial charge in [0.25, 0.3) is 0 Å². The van der Waals surface area contributed by atoms with E-state index in [1.54, 1.807) is 0 Å². The molecule has 1 heterocycles. The number of aliphatic hydroxyl groups excluding tert-OH is 3. The van der Waals surface area contributed by atoms with E-state index in [1.807, 2.05) is 0 Å². The zero-order valence-electron chi connectivity index (χ0n) is 12.8. The van der Waals surface area contributed by atoms with Gasteiger partial charge in [-0.3, -0.25) is 4.79 Å². The van der Waals surface area contributed by atoms with E-state index >= 15 is 0 Å². The standard InChI is InChI=1S/C15H18O10/c16-7-3-1-6(8(17)5-7)2-4-9(18)24-15-12(21)10(19)11(20)13(25-15)14(22)23/h1,3,5,10-13,15-17,19-21H,2,4H2,(H,22,23). The third-order valence-corrected chi connectivity index (χ3v) is 3.73. The number of ether oxygens (including phenoxy) is 2. The second kappa shape index (κ2) is 7.66. The van der Waals surface area contributed by atoms with Crippen molar-refractivity contribution >= 4 is 11.9 Å². The van der Waals surface area contributed by atoms with Gasteiger partial charge >= 0.3 is 11.9 Å². The first-order valence-corrected chi connectivity index (χ1v) is 7.33. The number of aromatic hydroxyl groups is 2. The predicted molar refractivity (Wildman–Crippen MR) is 78.5 cm³/mol. The highest BCUT2D eigenvalue weighted by atomic mass is 16.7. The van der Waals surface area contributed by atoms with Gasteiger partial charge in [-0.1, -0.05) is 6.07 Å². The van der Waals surface area contributed by atoms with Crippen molar-refractivity contribution in [2.45, 2.75) is 43.5 Å². The van der Waals surface area contributed by atoms with Gasteiger partial charge in [0.15, 0.2) is 6.10 Å². The van der Waals surface area contributed by atoms with Crippen LogP contribution >= 0.6 is 0 Å². The maximum Gasteiger partial charge on any atom is 0.335 e. The minimum atomic E-state index is -1.88. The highest BCUT2D eigenvalue weighted by Gasteiger charge is 2.48. The van der Waals surface area contributed by atoms with E-state index in [2.05, 4.69) is 0 Å². The number of aliphatic hydroxyl groups is 3. The van der Waals surface area contributed by atoms with Crippen molar-refractivity contribution in [1.82, 2.24) is 0 Å². The molecule has 0 saturated carbocycles. The summed E-state index contributed by atoms with van der Waals surface area (Å²) in [6.07, 6.45) is -9.40. The second-order valence-electron chi connectivity index (χ2n) is 5.54. The fourth-order valence-corrected chi connectivity index (χ4v) is 2.34. The molecule has 0 spiro atoms. The van der Waals surface area contributed by atoms with E-state index in [4.69, 9.17) is 14.6 Å². The summed E-state index contributed by atoms with van der Waals surface area (Å²) in [5.74, 6) is -2.83. The Morgan fingerprint density at radius 1 is 1.08 bits per heavy atom. The van der Waals surface area contributed by atoms with Gasteiger partial charge in [0.1, 0.15) is 29.8 Å². The van der Waals surface area contributed by atoms with Crippen LogP contribution in [0.15, 0.2) is 18.2 Å². The molecule has 0 bridgehead atoms. The summed E-state index contributed by atoms with van der Waals surface area (Å²) in [7, 11) is 0. The molecule has 1 aliphatic heterocycles. The van der Waals surface area contributed by atoms with Crippen molar-refractivity contribution in [3.8, 4) is 11.5 Å². The normalized spacial score (nSPS) is 29.2. The van der Waals surface area contributed by atoms with E-state index in [0.29, 0.717) is 5.56 Å². The zero-order valence-corrected chi connectivity index (χ0v) is 12.8. The van der Waals surface area contributed by atoms with Crippen LogP contribution in [0, 0.1) is 0 Å². The molecule has 1 aliphatic rings. The molecule has 25 heavy (non-hydrogen) atoms. The average molecular weight is 358 g/mol. The number of esters is 1. The predicted octanol–water partition coefficient (Wildman–Crippen LogP) is -1.53. The lowest BCUT2D eigenvalue weighted by atomic mass is 9.99. The maximum absolute atomic E-state index is 11.8. The molecule has 0 radical (unpaired) electrons.